The summed E-state index contributed by atoms with van der Waals surface area (Å²) in [5.74, 6) is 1.41. The molecular weight excluding hydrogens is 368 g/mol. The number of carbonyl (C=O) groups excluding carboxylic acids is 1. The van der Waals surface area contributed by atoms with Crippen LogP contribution in [-0.4, -0.2) is 28.6 Å². The van der Waals surface area contributed by atoms with Crippen LogP contribution in [0, 0.1) is 0 Å². The van der Waals surface area contributed by atoms with Gasteiger partial charge in [0.25, 0.3) is 0 Å². The summed E-state index contributed by atoms with van der Waals surface area (Å²) in [6.45, 7) is 0.559. The van der Waals surface area contributed by atoms with Crippen molar-refractivity contribution in [2.75, 3.05) is 12.8 Å². The van der Waals surface area contributed by atoms with Gasteiger partial charge in [0, 0.05) is 17.7 Å². The zero-order valence-corrected chi connectivity index (χ0v) is 15.7. The van der Waals surface area contributed by atoms with Crippen molar-refractivity contribution in [3.8, 4) is 0 Å². The lowest BCUT2D eigenvalue weighted by Gasteiger charge is -2.15. The van der Waals surface area contributed by atoms with Crippen LogP contribution in [0.4, 0.5) is 0 Å². The van der Waals surface area contributed by atoms with Gasteiger partial charge < -0.3 is 4.90 Å². The third-order valence-electron chi connectivity index (χ3n) is 3.24. The molecule has 0 radical (unpaired) electrons. The first-order valence-electron chi connectivity index (χ1n) is 7.02. The van der Waals surface area contributed by atoms with Gasteiger partial charge in [0.2, 0.25) is 5.91 Å². The number of para-hydroxylation sites is 1. The number of halogens is 1. The van der Waals surface area contributed by atoms with Crippen LogP contribution in [0.2, 0.25) is 4.34 Å². The van der Waals surface area contributed by atoms with E-state index < -0.39 is 0 Å². The van der Waals surface area contributed by atoms with Crippen molar-refractivity contribution in [3.63, 3.8) is 0 Å². The predicted molar refractivity (Wildman–Crippen MR) is 102 cm³/mol. The minimum atomic E-state index is 0.122. The number of aromatic nitrogens is 1. The molecule has 120 valence electrons. The van der Waals surface area contributed by atoms with Crippen LogP contribution in [0.3, 0.4) is 0 Å². The number of fused-ring (bicyclic) bond motifs is 1. The van der Waals surface area contributed by atoms with Gasteiger partial charge in [0.05, 0.1) is 26.9 Å². The van der Waals surface area contributed by atoms with Gasteiger partial charge >= 0.3 is 0 Å². The minimum Gasteiger partial charge on any atom is -0.338 e. The number of thiophene rings is 1. The van der Waals surface area contributed by atoms with Gasteiger partial charge in [-0.25, -0.2) is 4.98 Å². The molecule has 0 N–H and O–H groups in total. The summed E-state index contributed by atoms with van der Waals surface area (Å²) in [5, 5.41) is 0.970. The van der Waals surface area contributed by atoms with Crippen molar-refractivity contribution >= 4 is 62.2 Å². The minimum absolute atomic E-state index is 0.122. The summed E-state index contributed by atoms with van der Waals surface area (Å²) in [6, 6.07) is 11.9. The molecule has 3 aromatic rings. The highest BCUT2D eigenvalue weighted by molar-refractivity contribution is 7.99. The predicted octanol–water partition coefficient (Wildman–Crippen LogP) is 4.90. The lowest BCUT2D eigenvalue weighted by atomic mass is 10.3. The second-order valence-electron chi connectivity index (χ2n) is 5.02. The zero-order valence-electron chi connectivity index (χ0n) is 12.5. The van der Waals surface area contributed by atoms with Crippen LogP contribution >= 0.6 is 46.0 Å². The highest BCUT2D eigenvalue weighted by Gasteiger charge is 2.12. The van der Waals surface area contributed by atoms with Crippen LogP contribution in [0.15, 0.2) is 36.4 Å². The molecule has 0 aliphatic carbocycles. The number of thioether (sulfide) groups is 1. The molecule has 0 saturated carbocycles. The molecule has 0 aliphatic heterocycles. The van der Waals surface area contributed by atoms with Gasteiger partial charge in [0.1, 0.15) is 5.01 Å². The van der Waals surface area contributed by atoms with Crippen molar-refractivity contribution in [3.05, 3.63) is 50.6 Å². The van der Waals surface area contributed by atoms with E-state index in [1.165, 1.54) is 4.88 Å². The number of thiazole rings is 1. The lowest BCUT2D eigenvalue weighted by Crippen LogP contribution is -2.27. The van der Waals surface area contributed by atoms with E-state index >= 15 is 0 Å². The Hall–Kier alpha value is -1.08. The number of hydrogen-bond donors (Lipinski definition) is 0. The third kappa shape index (κ3) is 4.47. The first-order valence-corrected chi connectivity index (χ1v) is 10.2. The lowest BCUT2D eigenvalue weighted by molar-refractivity contribution is -0.127. The molecule has 2 aromatic heterocycles. The standard InChI is InChI=1S/C16H15ClN2OS3/c1-19(8-15-18-12-4-2-3-5-13(12)23-15)16(20)10-21-9-11-6-7-14(17)22-11/h2-7H,8-10H2,1H3. The number of carbonyl (C=O) groups is 1. The van der Waals surface area contributed by atoms with E-state index in [1.54, 1.807) is 39.3 Å². The fourth-order valence-corrected chi connectivity index (χ4v) is 5.24. The van der Waals surface area contributed by atoms with Gasteiger partial charge in [0.15, 0.2) is 0 Å². The van der Waals surface area contributed by atoms with E-state index in [1.807, 2.05) is 37.4 Å². The Balaban J connectivity index is 1.50. The number of rotatable bonds is 6. The molecule has 1 aromatic carbocycles. The largest absolute Gasteiger partial charge is 0.338 e. The molecule has 0 aliphatic rings. The summed E-state index contributed by atoms with van der Waals surface area (Å²) < 4.78 is 1.95. The number of hydrogen-bond acceptors (Lipinski definition) is 5. The molecule has 1 amide bonds. The third-order valence-corrected chi connectivity index (χ3v) is 6.64. The molecule has 0 unspecified atom stereocenters. The van der Waals surface area contributed by atoms with Crippen molar-refractivity contribution in [2.24, 2.45) is 0 Å². The Labute approximate surface area is 152 Å². The van der Waals surface area contributed by atoms with Gasteiger partial charge in [-0.2, -0.15) is 0 Å². The fourth-order valence-electron chi connectivity index (χ4n) is 2.06. The molecule has 3 rings (SSSR count). The van der Waals surface area contributed by atoms with Crippen LogP contribution in [-0.2, 0) is 17.1 Å². The Kier molecular flexibility index (Phi) is 5.58. The first kappa shape index (κ1) is 16.8. The highest BCUT2D eigenvalue weighted by atomic mass is 35.5. The summed E-state index contributed by atoms with van der Waals surface area (Å²) in [6.07, 6.45) is 0. The van der Waals surface area contributed by atoms with Gasteiger partial charge in [-0.15, -0.1) is 34.4 Å². The summed E-state index contributed by atoms with van der Waals surface area (Å²) in [5.41, 5.74) is 0.997. The van der Waals surface area contributed by atoms with Crippen molar-refractivity contribution in [1.29, 1.82) is 0 Å². The number of nitrogens with zero attached hydrogens (tertiary/aromatic N) is 2. The van der Waals surface area contributed by atoms with Gasteiger partial charge in [-0.1, -0.05) is 23.7 Å². The van der Waals surface area contributed by atoms with E-state index in [2.05, 4.69) is 11.1 Å². The normalized spacial score (nSPS) is 11.0. The molecular formula is C16H15ClN2OS3. The summed E-state index contributed by atoms with van der Waals surface area (Å²) in [7, 11) is 1.83. The number of amides is 1. The van der Waals surface area contributed by atoms with Crippen LogP contribution in [0.1, 0.15) is 9.88 Å². The summed E-state index contributed by atoms with van der Waals surface area (Å²) in [4.78, 5) is 19.7. The second-order valence-corrected chi connectivity index (χ2v) is 8.92. The molecule has 0 atom stereocenters. The highest BCUT2D eigenvalue weighted by Crippen LogP contribution is 2.26. The molecule has 0 saturated heterocycles. The molecule has 23 heavy (non-hydrogen) atoms. The maximum Gasteiger partial charge on any atom is 0.232 e. The smallest absolute Gasteiger partial charge is 0.232 e. The average molecular weight is 383 g/mol. The van der Waals surface area contributed by atoms with Crippen LogP contribution in [0.5, 0.6) is 0 Å². The van der Waals surface area contributed by atoms with Crippen LogP contribution in [0.25, 0.3) is 10.2 Å². The number of benzene rings is 1. The molecule has 7 heteroatoms. The van der Waals surface area contributed by atoms with Crippen molar-refractivity contribution < 1.29 is 4.79 Å². The topological polar surface area (TPSA) is 33.2 Å². The Morgan fingerprint density at radius 1 is 1.26 bits per heavy atom. The Morgan fingerprint density at radius 3 is 2.83 bits per heavy atom. The van der Waals surface area contributed by atoms with E-state index in [0.717, 1.165) is 25.3 Å². The molecule has 0 fully saturated rings. The average Bonchev–Trinajstić information content (AvgIpc) is 3.12. The quantitative estimate of drug-likeness (QED) is 0.607. The zero-order chi connectivity index (χ0) is 16.2. The van der Waals surface area contributed by atoms with E-state index in [-0.39, 0.29) is 5.91 Å². The molecule has 3 nitrogen and oxygen atoms in total. The first-order chi connectivity index (χ1) is 11.1. The van der Waals surface area contributed by atoms with Crippen LogP contribution < -0.4 is 0 Å². The van der Waals surface area contributed by atoms with E-state index in [0.29, 0.717) is 12.3 Å². The second kappa shape index (κ2) is 7.66. The van der Waals surface area contributed by atoms with Crippen molar-refractivity contribution in [2.45, 2.75) is 12.3 Å². The van der Waals surface area contributed by atoms with E-state index in [4.69, 9.17) is 11.6 Å². The van der Waals surface area contributed by atoms with E-state index in [9.17, 15) is 4.79 Å². The fraction of sp³-hybridized carbons (Fsp3) is 0.250. The SMILES string of the molecule is CN(Cc1nc2ccccc2s1)C(=O)CSCc1ccc(Cl)s1. The van der Waals surface area contributed by atoms with Crippen molar-refractivity contribution in [1.82, 2.24) is 9.88 Å². The molecule has 2 heterocycles. The summed E-state index contributed by atoms with van der Waals surface area (Å²) >= 11 is 10.7. The molecule has 0 bridgehead atoms. The Bertz CT molecular complexity index is 781. The maximum absolute atomic E-state index is 12.2. The Morgan fingerprint density at radius 2 is 2.09 bits per heavy atom. The van der Waals surface area contributed by atoms with Gasteiger partial charge in [-0.3, -0.25) is 4.79 Å². The van der Waals surface area contributed by atoms with Gasteiger partial charge in [-0.05, 0) is 24.3 Å². The molecule has 0 spiro atoms. The maximum atomic E-state index is 12.2. The monoisotopic (exact) mass is 382 g/mol.